The summed E-state index contributed by atoms with van der Waals surface area (Å²) in [4.78, 5) is 22.3. The molecule has 1 aromatic rings. The van der Waals surface area contributed by atoms with E-state index >= 15 is 0 Å². The fourth-order valence-electron chi connectivity index (χ4n) is 1.15. The molecule has 2 amide bonds. The van der Waals surface area contributed by atoms with E-state index in [2.05, 4.69) is 5.10 Å². The van der Waals surface area contributed by atoms with E-state index in [0.29, 0.717) is 0 Å². The van der Waals surface area contributed by atoms with Gasteiger partial charge in [0.15, 0.2) is 5.69 Å². The Kier molecular flexibility index (Phi) is 3.63. The summed E-state index contributed by atoms with van der Waals surface area (Å²) in [6, 6.07) is -0.974. The van der Waals surface area contributed by atoms with Gasteiger partial charge in [-0.05, 0) is 6.92 Å². The van der Waals surface area contributed by atoms with Gasteiger partial charge in [0.05, 0.1) is 0 Å². The maximum atomic E-state index is 12.2. The highest BCUT2D eigenvalue weighted by Gasteiger charge is 2.37. The van der Waals surface area contributed by atoms with Crippen LogP contribution >= 0.6 is 0 Å². The molecule has 1 heterocycles. The van der Waals surface area contributed by atoms with Crippen molar-refractivity contribution in [1.29, 1.82) is 0 Å². The maximum Gasteiger partial charge on any atom is 0.408 e. The van der Waals surface area contributed by atoms with E-state index < -0.39 is 24.0 Å². The zero-order valence-corrected chi connectivity index (χ0v) is 9.58. The van der Waals surface area contributed by atoms with Crippen LogP contribution in [0.1, 0.15) is 27.9 Å². The van der Waals surface area contributed by atoms with Crippen LogP contribution in [0.3, 0.4) is 0 Å². The summed E-state index contributed by atoms with van der Waals surface area (Å²) in [6.45, 7) is 0.809. The van der Waals surface area contributed by atoms with Gasteiger partial charge >= 0.3 is 6.18 Å². The topological polar surface area (TPSA) is 90.0 Å². The molecule has 3 N–H and O–H groups in total. The SMILES string of the molecule is CC(NC(=O)c1cc(C(N)=O)nn1C)C(F)(F)F. The number of primary amides is 1. The van der Waals surface area contributed by atoms with Gasteiger partial charge in [0.1, 0.15) is 11.7 Å². The number of amides is 2. The molecule has 0 aliphatic carbocycles. The molecule has 0 bridgehead atoms. The Bertz CT molecular complexity index is 481. The van der Waals surface area contributed by atoms with Gasteiger partial charge in [0.2, 0.25) is 0 Å². The van der Waals surface area contributed by atoms with Crippen LogP contribution in [0.4, 0.5) is 13.2 Å². The Morgan fingerprint density at radius 2 is 2.06 bits per heavy atom. The summed E-state index contributed by atoms with van der Waals surface area (Å²) >= 11 is 0. The van der Waals surface area contributed by atoms with E-state index in [0.717, 1.165) is 17.7 Å². The molecule has 100 valence electrons. The van der Waals surface area contributed by atoms with Crippen LogP contribution in [0.25, 0.3) is 0 Å². The minimum atomic E-state index is -4.54. The molecule has 18 heavy (non-hydrogen) atoms. The number of carbonyl (C=O) groups excluding carboxylic acids is 2. The standard InChI is InChI=1S/C9H11F3N4O2/c1-4(9(10,11)12)14-8(18)6-3-5(7(13)17)15-16(6)2/h3-4H,1-2H3,(H2,13,17)(H,14,18). The summed E-state index contributed by atoms with van der Waals surface area (Å²) in [5, 5.41) is 5.35. The largest absolute Gasteiger partial charge is 0.408 e. The van der Waals surface area contributed by atoms with Crippen molar-refractivity contribution >= 4 is 11.8 Å². The molecule has 0 saturated carbocycles. The average Bonchev–Trinajstić information content (AvgIpc) is 2.58. The van der Waals surface area contributed by atoms with Crippen molar-refractivity contribution in [2.45, 2.75) is 19.1 Å². The van der Waals surface area contributed by atoms with Gasteiger partial charge in [-0.2, -0.15) is 18.3 Å². The van der Waals surface area contributed by atoms with E-state index in [-0.39, 0.29) is 11.4 Å². The van der Waals surface area contributed by atoms with Gasteiger partial charge in [0, 0.05) is 13.1 Å². The van der Waals surface area contributed by atoms with Crippen molar-refractivity contribution in [1.82, 2.24) is 15.1 Å². The van der Waals surface area contributed by atoms with Gasteiger partial charge in [-0.3, -0.25) is 14.3 Å². The van der Waals surface area contributed by atoms with Crippen molar-refractivity contribution in [2.24, 2.45) is 12.8 Å². The van der Waals surface area contributed by atoms with Gasteiger partial charge in [-0.25, -0.2) is 0 Å². The number of hydrogen-bond donors (Lipinski definition) is 2. The zero-order chi connectivity index (χ0) is 14.1. The summed E-state index contributed by atoms with van der Waals surface area (Å²) in [5.74, 6) is -1.85. The number of aryl methyl sites for hydroxylation is 1. The smallest absolute Gasteiger partial charge is 0.364 e. The third kappa shape index (κ3) is 2.99. The average molecular weight is 264 g/mol. The third-order valence-electron chi connectivity index (χ3n) is 2.20. The fraction of sp³-hybridized carbons (Fsp3) is 0.444. The molecule has 1 unspecified atom stereocenters. The van der Waals surface area contributed by atoms with Crippen LogP contribution < -0.4 is 11.1 Å². The second kappa shape index (κ2) is 4.67. The molecule has 6 nitrogen and oxygen atoms in total. The molecule has 0 radical (unpaired) electrons. The molecule has 1 aromatic heterocycles. The third-order valence-corrected chi connectivity index (χ3v) is 2.20. The van der Waals surface area contributed by atoms with Gasteiger partial charge in [-0.1, -0.05) is 0 Å². The number of nitrogens with one attached hydrogen (secondary N) is 1. The predicted molar refractivity (Wildman–Crippen MR) is 54.7 cm³/mol. The van der Waals surface area contributed by atoms with E-state index in [9.17, 15) is 22.8 Å². The lowest BCUT2D eigenvalue weighted by Crippen LogP contribution is -2.43. The molecule has 0 fully saturated rings. The monoisotopic (exact) mass is 264 g/mol. The highest BCUT2D eigenvalue weighted by atomic mass is 19.4. The number of hydrogen-bond acceptors (Lipinski definition) is 3. The Balaban J connectivity index is 2.88. The Morgan fingerprint density at radius 1 is 1.50 bits per heavy atom. The lowest BCUT2D eigenvalue weighted by atomic mass is 10.3. The van der Waals surface area contributed by atoms with Crippen LogP contribution in [0.15, 0.2) is 6.07 Å². The normalized spacial score (nSPS) is 13.2. The highest BCUT2D eigenvalue weighted by molar-refractivity contribution is 5.97. The molecule has 0 aliphatic heterocycles. The first-order chi connectivity index (χ1) is 8.12. The first kappa shape index (κ1) is 14.0. The number of carbonyl (C=O) groups is 2. The first-order valence-corrected chi connectivity index (χ1v) is 4.84. The van der Waals surface area contributed by atoms with E-state index in [1.807, 2.05) is 0 Å². The first-order valence-electron chi connectivity index (χ1n) is 4.84. The van der Waals surface area contributed by atoms with Crippen molar-refractivity contribution < 1.29 is 22.8 Å². The fourth-order valence-corrected chi connectivity index (χ4v) is 1.15. The lowest BCUT2D eigenvalue weighted by Gasteiger charge is -2.16. The Hall–Kier alpha value is -2.06. The van der Waals surface area contributed by atoms with Gasteiger partial charge in [0.25, 0.3) is 11.8 Å². The quantitative estimate of drug-likeness (QED) is 0.817. The summed E-state index contributed by atoms with van der Waals surface area (Å²) in [6.07, 6.45) is -4.54. The van der Waals surface area contributed by atoms with Crippen molar-refractivity contribution in [2.75, 3.05) is 0 Å². The van der Waals surface area contributed by atoms with Crippen molar-refractivity contribution in [3.8, 4) is 0 Å². The molecule has 0 aliphatic rings. The lowest BCUT2D eigenvalue weighted by molar-refractivity contribution is -0.149. The minimum Gasteiger partial charge on any atom is -0.364 e. The second-order valence-corrected chi connectivity index (χ2v) is 3.64. The highest BCUT2D eigenvalue weighted by Crippen LogP contribution is 2.19. The van der Waals surface area contributed by atoms with E-state index in [1.54, 1.807) is 5.32 Å². The maximum absolute atomic E-state index is 12.2. The number of aromatic nitrogens is 2. The van der Waals surface area contributed by atoms with Crippen LogP contribution in [0.5, 0.6) is 0 Å². The molecular formula is C9H11F3N4O2. The van der Waals surface area contributed by atoms with Crippen LogP contribution in [-0.2, 0) is 7.05 Å². The molecule has 0 aromatic carbocycles. The van der Waals surface area contributed by atoms with Crippen LogP contribution in [0.2, 0.25) is 0 Å². The summed E-state index contributed by atoms with van der Waals surface area (Å²) in [5.41, 5.74) is 4.57. The molecule has 9 heteroatoms. The Labute approximate surface area is 99.9 Å². The molecular weight excluding hydrogens is 253 g/mol. The van der Waals surface area contributed by atoms with E-state index in [4.69, 9.17) is 5.73 Å². The van der Waals surface area contributed by atoms with Crippen molar-refractivity contribution in [3.63, 3.8) is 0 Å². The molecule has 1 atom stereocenters. The molecule has 1 rings (SSSR count). The second-order valence-electron chi connectivity index (χ2n) is 3.64. The Morgan fingerprint density at radius 3 is 2.44 bits per heavy atom. The number of rotatable bonds is 3. The van der Waals surface area contributed by atoms with Crippen LogP contribution in [0, 0.1) is 0 Å². The van der Waals surface area contributed by atoms with E-state index in [1.165, 1.54) is 7.05 Å². The van der Waals surface area contributed by atoms with Gasteiger partial charge in [-0.15, -0.1) is 0 Å². The van der Waals surface area contributed by atoms with Crippen molar-refractivity contribution in [3.05, 3.63) is 17.5 Å². The predicted octanol–water partition coefficient (Wildman–Crippen LogP) is 0.200. The number of nitrogens with two attached hydrogens (primary N) is 1. The van der Waals surface area contributed by atoms with Gasteiger partial charge < -0.3 is 11.1 Å². The summed E-state index contributed by atoms with van der Waals surface area (Å²) < 4.78 is 37.7. The minimum absolute atomic E-state index is 0.181. The number of halogens is 3. The summed E-state index contributed by atoms with van der Waals surface area (Å²) in [7, 11) is 1.32. The number of alkyl halides is 3. The van der Waals surface area contributed by atoms with Crippen LogP contribution in [-0.4, -0.2) is 33.8 Å². The molecule has 0 spiro atoms. The zero-order valence-electron chi connectivity index (χ0n) is 9.58. The number of nitrogens with zero attached hydrogens (tertiary/aromatic N) is 2. The molecule has 0 saturated heterocycles.